The van der Waals surface area contributed by atoms with Crippen molar-refractivity contribution < 1.29 is 9.13 Å². The minimum Gasteiger partial charge on any atom is -0.370 e. The van der Waals surface area contributed by atoms with Crippen molar-refractivity contribution in [1.82, 2.24) is 4.90 Å². The lowest BCUT2D eigenvalue weighted by Crippen LogP contribution is -2.47. The fourth-order valence-electron chi connectivity index (χ4n) is 4.15. The van der Waals surface area contributed by atoms with Gasteiger partial charge in [-0.3, -0.25) is 4.90 Å². The highest BCUT2D eigenvalue weighted by Crippen LogP contribution is 2.32. The van der Waals surface area contributed by atoms with Crippen molar-refractivity contribution >= 4 is 5.69 Å². The van der Waals surface area contributed by atoms with Crippen LogP contribution in [0.15, 0.2) is 48.5 Å². The highest BCUT2D eigenvalue weighted by Gasteiger charge is 2.26. The quantitative estimate of drug-likeness (QED) is 0.824. The fraction of sp³-hybridized carbons (Fsp3) is 0.455. The van der Waals surface area contributed by atoms with Gasteiger partial charge in [-0.2, -0.15) is 0 Å². The lowest BCUT2D eigenvalue weighted by molar-refractivity contribution is -0.0242. The molecule has 0 radical (unpaired) electrons. The Labute approximate surface area is 155 Å². The molecule has 0 bridgehead atoms. The zero-order valence-electron chi connectivity index (χ0n) is 15.4. The molecule has 0 spiro atoms. The van der Waals surface area contributed by atoms with E-state index in [0.717, 1.165) is 51.3 Å². The molecule has 2 atom stereocenters. The highest BCUT2D eigenvalue weighted by molar-refractivity contribution is 5.46. The van der Waals surface area contributed by atoms with Gasteiger partial charge in [0.25, 0.3) is 0 Å². The molecule has 0 aromatic heterocycles. The Morgan fingerprint density at radius 3 is 2.50 bits per heavy atom. The lowest BCUT2D eigenvalue weighted by Gasteiger charge is -2.37. The summed E-state index contributed by atoms with van der Waals surface area (Å²) in [5.41, 5.74) is 3.93. The predicted octanol–water partition coefficient (Wildman–Crippen LogP) is 4.04. The van der Waals surface area contributed by atoms with E-state index in [4.69, 9.17) is 4.74 Å². The van der Waals surface area contributed by atoms with Crippen LogP contribution in [-0.4, -0.2) is 43.7 Å². The molecule has 26 heavy (non-hydrogen) atoms. The maximum atomic E-state index is 13.1. The summed E-state index contributed by atoms with van der Waals surface area (Å²) in [6.07, 6.45) is 2.57. The molecule has 1 saturated heterocycles. The minimum atomic E-state index is -0.172. The van der Waals surface area contributed by atoms with Crippen molar-refractivity contribution in [2.24, 2.45) is 0 Å². The minimum absolute atomic E-state index is 0.172. The average molecular weight is 354 g/mol. The lowest BCUT2D eigenvalue weighted by atomic mass is 9.93. The number of hydrogen-bond donors (Lipinski definition) is 0. The van der Waals surface area contributed by atoms with Crippen molar-refractivity contribution in [2.45, 2.75) is 32.0 Å². The SMILES string of the molecule is C[C@@H]1Cc2ccccc2[C@@H](CCN2CCN(c3ccc(F)cc3)CC2)O1. The van der Waals surface area contributed by atoms with E-state index in [2.05, 4.69) is 41.0 Å². The van der Waals surface area contributed by atoms with E-state index in [0.29, 0.717) is 6.10 Å². The molecule has 2 aromatic carbocycles. The van der Waals surface area contributed by atoms with Crippen LogP contribution in [0.4, 0.5) is 10.1 Å². The topological polar surface area (TPSA) is 15.7 Å². The Balaban J connectivity index is 1.31. The van der Waals surface area contributed by atoms with E-state index >= 15 is 0 Å². The number of fused-ring (bicyclic) bond motifs is 1. The van der Waals surface area contributed by atoms with Gasteiger partial charge in [-0.05, 0) is 55.2 Å². The zero-order chi connectivity index (χ0) is 17.9. The van der Waals surface area contributed by atoms with Crippen LogP contribution >= 0.6 is 0 Å². The third-order valence-corrected chi connectivity index (χ3v) is 5.58. The predicted molar refractivity (Wildman–Crippen MR) is 103 cm³/mol. The van der Waals surface area contributed by atoms with E-state index in [-0.39, 0.29) is 11.9 Å². The molecule has 0 saturated carbocycles. The smallest absolute Gasteiger partial charge is 0.123 e. The van der Waals surface area contributed by atoms with Crippen molar-refractivity contribution in [3.05, 3.63) is 65.5 Å². The van der Waals surface area contributed by atoms with Crippen molar-refractivity contribution in [1.29, 1.82) is 0 Å². The van der Waals surface area contributed by atoms with Crippen LogP contribution < -0.4 is 4.90 Å². The molecular weight excluding hydrogens is 327 g/mol. The average Bonchev–Trinajstić information content (AvgIpc) is 2.67. The third kappa shape index (κ3) is 3.92. The highest BCUT2D eigenvalue weighted by atomic mass is 19.1. The number of rotatable bonds is 4. The molecule has 2 heterocycles. The first kappa shape index (κ1) is 17.5. The zero-order valence-corrected chi connectivity index (χ0v) is 15.4. The standard InChI is InChI=1S/C22H27FN2O/c1-17-16-18-4-2-3-5-21(18)22(26-17)10-11-24-12-14-25(15-13-24)20-8-6-19(23)7-9-20/h2-9,17,22H,10-16H2,1H3/t17-,22-/m1/s1. The number of nitrogens with zero attached hydrogens (tertiary/aromatic N) is 2. The molecular formula is C22H27FN2O. The van der Waals surface area contributed by atoms with E-state index < -0.39 is 0 Å². The summed E-state index contributed by atoms with van der Waals surface area (Å²) in [6.45, 7) is 7.30. The molecule has 0 N–H and O–H groups in total. The normalized spacial score (nSPS) is 23.7. The van der Waals surface area contributed by atoms with Gasteiger partial charge in [0.15, 0.2) is 0 Å². The third-order valence-electron chi connectivity index (χ3n) is 5.58. The van der Waals surface area contributed by atoms with Gasteiger partial charge in [-0.25, -0.2) is 4.39 Å². The molecule has 138 valence electrons. The van der Waals surface area contributed by atoms with Gasteiger partial charge in [-0.15, -0.1) is 0 Å². The van der Waals surface area contributed by atoms with Crippen LogP contribution in [0.1, 0.15) is 30.6 Å². The molecule has 0 aliphatic carbocycles. The number of anilines is 1. The maximum Gasteiger partial charge on any atom is 0.123 e. The van der Waals surface area contributed by atoms with E-state index in [9.17, 15) is 4.39 Å². The first-order chi connectivity index (χ1) is 12.7. The molecule has 0 amide bonds. The van der Waals surface area contributed by atoms with E-state index in [1.165, 1.54) is 11.1 Å². The molecule has 4 rings (SSSR count). The van der Waals surface area contributed by atoms with Gasteiger partial charge in [0.05, 0.1) is 12.2 Å². The molecule has 2 aliphatic rings. The Kier molecular flexibility index (Phi) is 5.23. The first-order valence-electron chi connectivity index (χ1n) is 9.65. The van der Waals surface area contributed by atoms with Crippen molar-refractivity contribution in [3.63, 3.8) is 0 Å². The van der Waals surface area contributed by atoms with Gasteiger partial charge >= 0.3 is 0 Å². The summed E-state index contributed by atoms with van der Waals surface area (Å²) in [6, 6.07) is 15.5. The molecule has 3 nitrogen and oxygen atoms in total. The van der Waals surface area contributed by atoms with Gasteiger partial charge in [-0.1, -0.05) is 24.3 Å². The van der Waals surface area contributed by atoms with E-state index in [1.54, 1.807) is 12.1 Å². The Hall–Kier alpha value is -1.91. The summed E-state index contributed by atoms with van der Waals surface area (Å²) < 4.78 is 19.3. The Bertz CT molecular complexity index is 725. The summed E-state index contributed by atoms with van der Waals surface area (Å²) in [5, 5.41) is 0. The van der Waals surface area contributed by atoms with Gasteiger partial charge in [0.1, 0.15) is 5.82 Å². The second-order valence-electron chi connectivity index (χ2n) is 7.43. The summed E-state index contributed by atoms with van der Waals surface area (Å²) in [4.78, 5) is 4.86. The van der Waals surface area contributed by atoms with Gasteiger partial charge in [0, 0.05) is 38.4 Å². The largest absolute Gasteiger partial charge is 0.370 e. The van der Waals surface area contributed by atoms with Crippen molar-refractivity contribution in [2.75, 3.05) is 37.6 Å². The molecule has 1 fully saturated rings. The second kappa shape index (κ2) is 7.77. The number of piperazine rings is 1. The Morgan fingerprint density at radius 1 is 1.00 bits per heavy atom. The number of ether oxygens (including phenoxy) is 1. The number of hydrogen-bond acceptors (Lipinski definition) is 3. The van der Waals surface area contributed by atoms with Crippen molar-refractivity contribution in [3.8, 4) is 0 Å². The van der Waals surface area contributed by atoms with E-state index in [1.807, 2.05) is 12.1 Å². The van der Waals surface area contributed by atoms with Crippen LogP contribution in [0.25, 0.3) is 0 Å². The first-order valence-corrected chi connectivity index (χ1v) is 9.65. The number of benzene rings is 2. The molecule has 0 unspecified atom stereocenters. The second-order valence-corrected chi connectivity index (χ2v) is 7.43. The van der Waals surface area contributed by atoms with Crippen LogP contribution in [0.2, 0.25) is 0 Å². The van der Waals surface area contributed by atoms with Crippen LogP contribution in [-0.2, 0) is 11.2 Å². The summed E-state index contributed by atoms with van der Waals surface area (Å²) in [5.74, 6) is -0.172. The monoisotopic (exact) mass is 354 g/mol. The van der Waals surface area contributed by atoms with Crippen LogP contribution in [0.3, 0.4) is 0 Å². The fourth-order valence-corrected chi connectivity index (χ4v) is 4.15. The summed E-state index contributed by atoms with van der Waals surface area (Å²) >= 11 is 0. The summed E-state index contributed by atoms with van der Waals surface area (Å²) in [7, 11) is 0. The van der Waals surface area contributed by atoms with Crippen LogP contribution in [0, 0.1) is 5.82 Å². The molecule has 4 heteroatoms. The van der Waals surface area contributed by atoms with Crippen LogP contribution in [0.5, 0.6) is 0 Å². The molecule has 2 aromatic rings. The Morgan fingerprint density at radius 2 is 1.73 bits per heavy atom. The van der Waals surface area contributed by atoms with Gasteiger partial charge in [0.2, 0.25) is 0 Å². The number of halogens is 1. The maximum absolute atomic E-state index is 13.1. The van der Waals surface area contributed by atoms with Gasteiger partial charge < -0.3 is 9.64 Å². The molecule has 2 aliphatic heterocycles.